The van der Waals surface area contributed by atoms with E-state index in [1.807, 2.05) is 19.1 Å². The van der Waals surface area contributed by atoms with E-state index in [4.69, 9.17) is 11.6 Å². The molecule has 0 saturated carbocycles. The maximum Gasteiger partial charge on any atom is 0.217 e. The number of hydrogen-bond acceptors (Lipinski definition) is 2. The fourth-order valence-electron chi connectivity index (χ4n) is 1.42. The molecule has 0 aliphatic heterocycles. The Morgan fingerprint density at radius 1 is 1.31 bits per heavy atom. The fraction of sp³-hybridized carbons (Fsp3) is 0.333. The molecule has 0 aliphatic carbocycles. The van der Waals surface area contributed by atoms with Crippen LogP contribution in [-0.4, -0.2) is 17.6 Å². The number of carbonyl (C=O) groups excluding carboxylic acids is 2. The Morgan fingerprint density at radius 2 is 1.88 bits per heavy atom. The molecule has 0 saturated heterocycles. The van der Waals surface area contributed by atoms with Crippen molar-refractivity contribution >= 4 is 23.3 Å². The van der Waals surface area contributed by atoms with Crippen LogP contribution in [-0.2, 0) is 4.79 Å². The van der Waals surface area contributed by atoms with Crippen molar-refractivity contribution in [2.75, 3.05) is 5.88 Å². The number of hydrogen-bond donors (Lipinski definition) is 1. The van der Waals surface area contributed by atoms with Gasteiger partial charge in [0.2, 0.25) is 5.91 Å². The molecule has 1 N–H and O–H groups in total. The first-order valence-corrected chi connectivity index (χ1v) is 5.54. The van der Waals surface area contributed by atoms with Crippen LogP contribution in [0.2, 0.25) is 0 Å². The van der Waals surface area contributed by atoms with Crippen molar-refractivity contribution in [1.82, 2.24) is 5.32 Å². The Labute approximate surface area is 99.8 Å². The molecule has 1 aromatic rings. The van der Waals surface area contributed by atoms with Gasteiger partial charge in [-0.15, -0.1) is 11.6 Å². The van der Waals surface area contributed by atoms with E-state index < -0.39 is 0 Å². The van der Waals surface area contributed by atoms with Crippen molar-refractivity contribution < 1.29 is 9.59 Å². The third kappa shape index (κ3) is 3.35. The van der Waals surface area contributed by atoms with E-state index in [-0.39, 0.29) is 23.6 Å². The van der Waals surface area contributed by atoms with E-state index >= 15 is 0 Å². The van der Waals surface area contributed by atoms with Crippen molar-refractivity contribution in [3.8, 4) is 0 Å². The van der Waals surface area contributed by atoms with E-state index in [9.17, 15) is 9.59 Å². The van der Waals surface area contributed by atoms with Crippen LogP contribution in [0.4, 0.5) is 0 Å². The van der Waals surface area contributed by atoms with Crippen molar-refractivity contribution in [2.45, 2.75) is 19.9 Å². The SMILES string of the molecule is CC(=O)N[C@@H](C)c1ccc(C(=O)CCl)cc1. The molecule has 0 spiro atoms. The summed E-state index contributed by atoms with van der Waals surface area (Å²) >= 11 is 5.45. The van der Waals surface area contributed by atoms with Crippen molar-refractivity contribution in [3.05, 3.63) is 35.4 Å². The molecule has 4 heteroatoms. The highest BCUT2D eigenvalue weighted by atomic mass is 35.5. The molecule has 0 fully saturated rings. The Hall–Kier alpha value is -1.35. The smallest absolute Gasteiger partial charge is 0.217 e. The van der Waals surface area contributed by atoms with Gasteiger partial charge in [-0.05, 0) is 12.5 Å². The Morgan fingerprint density at radius 3 is 2.31 bits per heavy atom. The minimum absolute atomic E-state index is 0.0133. The molecule has 3 nitrogen and oxygen atoms in total. The zero-order chi connectivity index (χ0) is 12.1. The molecule has 16 heavy (non-hydrogen) atoms. The first-order chi connectivity index (χ1) is 7.54. The van der Waals surface area contributed by atoms with Gasteiger partial charge in [-0.3, -0.25) is 9.59 Å². The lowest BCUT2D eigenvalue weighted by atomic mass is 10.0. The maximum absolute atomic E-state index is 11.3. The monoisotopic (exact) mass is 239 g/mol. The largest absolute Gasteiger partial charge is 0.350 e. The summed E-state index contributed by atoms with van der Waals surface area (Å²) in [6, 6.07) is 7.02. The van der Waals surface area contributed by atoms with Crippen LogP contribution < -0.4 is 5.32 Å². The number of ketones is 1. The van der Waals surface area contributed by atoms with Gasteiger partial charge in [-0.25, -0.2) is 0 Å². The second-order valence-electron chi connectivity index (χ2n) is 3.60. The molecule has 0 aromatic heterocycles. The number of alkyl halides is 1. The number of rotatable bonds is 4. The van der Waals surface area contributed by atoms with Gasteiger partial charge in [-0.1, -0.05) is 24.3 Å². The highest BCUT2D eigenvalue weighted by Gasteiger charge is 2.08. The lowest BCUT2D eigenvalue weighted by Gasteiger charge is -2.12. The molecule has 0 unspecified atom stereocenters. The molecule has 0 heterocycles. The second kappa shape index (κ2) is 5.66. The van der Waals surface area contributed by atoms with E-state index in [1.165, 1.54) is 6.92 Å². The highest BCUT2D eigenvalue weighted by Crippen LogP contribution is 2.13. The van der Waals surface area contributed by atoms with Crippen LogP contribution in [0.3, 0.4) is 0 Å². The summed E-state index contributed by atoms with van der Waals surface area (Å²) in [5.41, 5.74) is 1.55. The number of Topliss-reactive ketones (excluding diaryl/α,β-unsaturated/α-hetero) is 1. The Kier molecular flexibility index (Phi) is 4.50. The first-order valence-electron chi connectivity index (χ1n) is 5.01. The van der Waals surface area contributed by atoms with Gasteiger partial charge in [0.1, 0.15) is 0 Å². The lowest BCUT2D eigenvalue weighted by Crippen LogP contribution is -2.23. The molecule has 1 amide bonds. The van der Waals surface area contributed by atoms with Gasteiger partial charge in [0.15, 0.2) is 5.78 Å². The molecule has 1 atom stereocenters. The van der Waals surface area contributed by atoms with Gasteiger partial charge in [0, 0.05) is 12.5 Å². The minimum atomic E-state index is -0.0969. The number of nitrogens with one attached hydrogen (secondary N) is 1. The lowest BCUT2D eigenvalue weighted by molar-refractivity contribution is -0.119. The van der Waals surface area contributed by atoms with Gasteiger partial charge < -0.3 is 5.32 Å². The summed E-state index contributed by atoms with van der Waals surface area (Å²) in [5.74, 6) is -0.186. The van der Waals surface area contributed by atoms with E-state index in [2.05, 4.69) is 5.32 Å². The van der Waals surface area contributed by atoms with Crippen LogP contribution in [0, 0.1) is 0 Å². The highest BCUT2D eigenvalue weighted by molar-refractivity contribution is 6.30. The van der Waals surface area contributed by atoms with Crippen molar-refractivity contribution in [1.29, 1.82) is 0 Å². The zero-order valence-electron chi connectivity index (χ0n) is 9.29. The molecular formula is C12H14ClNO2. The van der Waals surface area contributed by atoms with Gasteiger partial charge in [-0.2, -0.15) is 0 Å². The summed E-state index contributed by atoms with van der Waals surface area (Å²) < 4.78 is 0. The maximum atomic E-state index is 11.3. The average molecular weight is 240 g/mol. The molecular weight excluding hydrogens is 226 g/mol. The molecule has 1 aromatic carbocycles. The van der Waals surface area contributed by atoms with Crippen molar-refractivity contribution in [2.24, 2.45) is 0 Å². The van der Waals surface area contributed by atoms with Crippen LogP contribution in [0.25, 0.3) is 0 Å². The Balaban J connectivity index is 2.78. The molecule has 86 valence electrons. The normalized spacial score (nSPS) is 11.9. The second-order valence-corrected chi connectivity index (χ2v) is 3.87. The van der Waals surface area contributed by atoms with Crippen LogP contribution in [0.15, 0.2) is 24.3 Å². The molecule has 1 rings (SSSR count). The Bertz CT molecular complexity index is 387. The zero-order valence-corrected chi connectivity index (χ0v) is 10.0. The number of benzene rings is 1. The van der Waals surface area contributed by atoms with Gasteiger partial charge in [0.25, 0.3) is 0 Å². The third-order valence-corrected chi connectivity index (χ3v) is 2.52. The van der Waals surface area contributed by atoms with Crippen LogP contribution >= 0.6 is 11.6 Å². The van der Waals surface area contributed by atoms with E-state index in [0.29, 0.717) is 5.56 Å². The minimum Gasteiger partial charge on any atom is -0.350 e. The summed E-state index contributed by atoms with van der Waals surface area (Å²) in [6.07, 6.45) is 0. The van der Waals surface area contributed by atoms with E-state index in [1.54, 1.807) is 12.1 Å². The average Bonchev–Trinajstić information content (AvgIpc) is 2.27. The molecule has 0 bridgehead atoms. The predicted octanol–water partition coefficient (Wildman–Crippen LogP) is 2.31. The summed E-state index contributed by atoms with van der Waals surface area (Å²) in [4.78, 5) is 22.1. The summed E-state index contributed by atoms with van der Waals surface area (Å²) in [5, 5.41) is 2.77. The fourth-order valence-corrected chi connectivity index (χ4v) is 1.58. The van der Waals surface area contributed by atoms with Crippen LogP contribution in [0.1, 0.15) is 35.8 Å². The standard InChI is InChI=1S/C12H14ClNO2/c1-8(14-9(2)15)10-3-5-11(6-4-10)12(16)7-13/h3-6,8H,7H2,1-2H3,(H,14,15)/t8-/m0/s1. The summed E-state index contributed by atoms with van der Waals surface area (Å²) in [6.45, 7) is 3.36. The topological polar surface area (TPSA) is 46.2 Å². The number of amides is 1. The van der Waals surface area contributed by atoms with Gasteiger partial charge in [0.05, 0.1) is 11.9 Å². The number of halogens is 1. The molecule has 0 radical (unpaired) electrons. The van der Waals surface area contributed by atoms with Crippen molar-refractivity contribution in [3.63, 3.8) is 0 Å². The predicted molar refractivity (Wildman–Crippen MR) is 63.7 cm³/mol. The number of carbonyl (C=O) groups is 2. The third-order valence-electron chi connectivity index (χ3n) is 2.27. The summed E-state index contributed by atoms with van der Waals surface area (Å²) in [7, 11) is 0. The first kappa shape index (κ1) is 12.7. The van der Waals surface area contributed by atoms with Crippen LogP contribution in [0.5, 0.6) is 0 Å². The van der Waals surface area contributed by atoms with Gasteiger partial charge >= 0.3 is 0 Å². The quantitative estimate of drug-likeness (QED) is 0.647. The molecule has 0 aliphatic rings. The van der Waals surface area contributed by atoms with E-state index in [0.717, 1.165) is 5.56 Å².